The Bertz CT molecular complexity index is 934. The van der Waals surface area contributed by atoms with E-state index in [0.29, 0.717) is 5.92 Å². The van der Waals surface area contributed by atoms with Crippen molar-refractivity contribution in [3.63, 3.8) is 0 Å². The molecule has 0 saturated carbocycles. The molecule has 0 aromatic heterocycles. The van der Waals surface area contributed by atoms with Gasteiger partial charge in [-0.2, -0.15) is 18.4 Å². The summed E-state index contributed by atoms with van der Waals surface area (Å²) in [6.07, 6.45) is -2.02. The lowest BCUT2D eigenvalue weighted by Crippen LogP contribution is -2.45. The van der Waals surface area contributed by atoms with Crippen LogP contribution in [-0.2, 0) is 12.6 Å². The van der Waals surface area contributed by atoms with Crippen LogP contribution >= 0.6 is 0 Å². The van der Waals surface area contributed by atoms with Crippen molar-refractivity contribution in [1.82, 2.24) is 4.90 Å². The quantitative estimate of drug-likeness (QED) is 0.697. The molecule has 152 valence electrons. The average Bonchev–Trinajstić information content (AvgIpc) is 3.06. The van der Waals surface area contributed by atoms with Crippen LogP contribution in [0.2, 0.25) is 0 Å². The number of nitrogens with zero attached hydrogens (tertiary/aromatic N) is 2. The van der Waals surface area contributed by atoms with Gasteiger partial charge in [0.15, 0.2) is 0 Å². The number of nitriles is 1. The summed E-state index contributed by atoms with van der Waals surface area (Å²) in [4.78, 5) is 2.37. The highest BCUT2D eigenvalue weighted by Gasteiger charge is 2.41. The summed E-state index contributed by atoms with van der Waals surface area (Å²) >= 11 is 0. The number of hydrogen-bond acceptors (Lipinski definition) is 3. The van der Waals surface area contributed by atoms with Gasteiger partial charge in [-0.05, 0) is 61.1 Å². The third-order valence-corrected chi connectivity index (χ3v) is 5.97. The molecule has 0 bridgehead atoms. The van der Waals surface area contributed by atoms with Gasteiger partial charge in [-0.3, -0.25) is 4.90 Å². The minimum Gasteiger partial charge on any atom is -0.483 e. The van der Waals surface area contributed by atoms with Gasteiger partial charge < -0.3 is 4.74 Å². The van der Waals surface area contributed by atoms with Crippen molar-refractivity contribution in [3.8, 4) is 11.8 Å². The van der Waals surface area contributed by atoms with Gasteiger partial charge >= 0.3 is 6.18 Å². The molecule has 0 radical (unpaired) electrons. The van der Waals surface area contributed by atoms with Crippen LogP contribution in [0, 0.1) is 17.2 Å². The maximum Gasteiger partial charge on any atom is 0.420 e. The van der Waals surface area contributed by atoms with E-state index >= 15 is 0 Å². The molecule has 1 aliphatic heterocycles. The van der Waals surface area contributed by atoms with Crippen molar-refractivity contribution < 1.29 is 17.9 Å². The molecule has 1 aliphatic carbocycles. The molecule has 1 heterocycles. The van der Waals surface area contributed by atoms with Gasteiger partial charge in [-0.15, -0.1) is 0 Å². The van der Waals surface area contributed by atoms with Gasteiger partial charge in [-0.25, -0.2) is 0 Å². The Morgan fingerprint density at radius 1 is 1.17 bits per heavy atom. The first-order valence-electron chi connectivity index (χ1n) is 9.96. The molecule has 6 heteroatoms. The average molecular weight is 400 g/mol. The summed E-state index contributed by atoms with van der Waals surface area (Å²) in [5.41, 5.74) is 1.15. The zero-order chi connectivity index (χ0) is 20.6. The minimum absolute atomic E-state index is 0.00637. The van der Waals surface area contributed by atoms with Crippen LogP contribution in [0.25, 0.3) is 0 Å². The van der Waals surface area contributed by atoms with E-state index in [1.54, 1.807) is 6.07 Å². The number of hydrogen-bond donors (Lipinski definition) is 0. The maximum absolute atomic E-state index is 13.6. The molecule has 4 rings (SSSR count). The molecule has 2 aromatic carbocycles. The second-order valence-electron chi connectivity index (χ2n) is 8.07. The number of alkyl halides is 3. The molecular formula is C23H23F3N2O. The largest absolute Gasteiger partial charge is 0.483 e. The minimum atomic E-state index is -4.59. The van der Waals surface area contributed by atoms with Crippen LogP contribution in [0.5, 0.6) is 5.75 Å². The lowest BCUT2D eigenvalue weighted by atomic mass is 9.97. The maximum atomic E-state index is 13.6. The van der Waals surface area contributed by atoms with Crippen LogP contribution < -0.4 is 4.74 Å². The number of halogens is 3. The number of rotatable bonds is 3. The summed E-state index contributed by atoms with van der Waals surface area (Å²) in [5.74, 6) is 0.349. The van der Waals surface area contributed by atoms with Gasteiger partial charge in [0.2, 0.25) is 0 Å². The van der Waals surface area contributed by atoms with Crippen molar-refractivity contribution in [2.75, 3.05) is 13.1 Å². The molecule has 3 atom stereocenters. The van der Waals surface area contributed by atoms with Gasteiger partial charge in [0.05, 0.1) is 23.2 Å². The zero-order valence-corrected chi connectivity index (χ0v) is 16.2. The molecule has 1 saturated heterocycles. The molecule has 1 fully saturated rings. The summed E-state index contributed by atoms with van der Waals surface area (Å²) in [6, 6.07) is 13.1. The van der Waals surface area contributed by atoms with Gasteiger partial charge in [0, 0.05) is 6.54 Å². The van der Waals surface area contributed by atoms with Gasteiger partial charge in [0.1, 0.15) is 11.9 Å². The van der Waals surface area contributed by atoms with E-state index in [4.69, 9.17) is 10.00 Å². The molecule has 0 spiro atoms. The third kappa shape index (κ3) is 3.97. The molecule has 0 amide bonds. The Labute approximate surface area is 168 Å². The monoisotopic (exact) mass is 400 g/mol. The van der Waals surface area contributed by atoms with Gasteiger partial charge in [-0.1, -0.05) is 31.2 Å². The number of likely N-dealkylation sites (tertiary alicyclic amines) is 1. The van der Waals surface area contributed by atoms with Crippen LogP contribution in [0.15, 0.2) is 42.5 Å². The Morgan fingerprint density at radius 2 is 1.97 bits per heavy atom. The first-order valence-corrected chi connectivity index (χ1v) is 9.96. The topological polar surface area (TPSA) is 36.3 Å². The molecule has 0 unspecified atom stereocenters. The normalized spacial score (nSPS) is 24.7. The second kappa shape index (κ2) is 7.72. The molecule has 3 nitrogen and oxygen atoms in total. The van der Waals surface area contributed by atoms with E-state index in [1.807, 2.05) is 24.3 Å². The first kappa shape index (κ1) is 19.8. The van der Waals surface area contributed by atoms with E-state index in [-0.39, 0.29) is 17.4 Å². The summed E-state index contributed by atoms with van der Waals surface area (Å²) in [6.45, 7) is 4.08. The lowest BCUT2D eigenvalue weighted by molar-refractivity contribution is -0.139. The third-order valence-electron chi connectivity index (χ3n) is 5.97. The van der Waals surface area contributed by atoms with Crippen LogP contribution in [-0.4, -0.2) is 24.0 Å². The summed E-state index contributed by atoms with van der Waals surface area (Å²) in [7, 11) is 0. The molecule has 29 heavy (non-hydrogen) atoms. The highest BCUT2D eigenvalue weighted by Crippen LogP contribution is 2.43. The molecule has 2 aliphatic rings. The first-order chi connectivity index (χ1) is 13.9. The van der Waals surface area contributed by atoms with Crippen molar-refractivity contribution in [3.05, 3.63) is 64.7 Å². The van der Waals surface area contributed by atoms with Crippen LogP contribution in [0.3, 0.4) is 0 Å². The molecule has 0 N–H and O–H groups in total. The van der Waals surface area contributed by atoms with E-state index in [2.05, 4.69) is 11.8 Å². The fourth-order valence-electron chi connectivity index (χ4n) is 4.59. The Kier molecular flexibility index (Phi) is 5.26. The van der Waals surface area contributed by atoms with Crippen LogP contribution in [0.4, 0.5) is 13.2 Å². The fraction of sp³-hybridized carbons (Fsp3) is 0.435. The predicted molar refractivity (Wildman–Crippen MR) is 103 cm³/mol. The fourth-order valence-corrected chi connectivity index (χ4v) is 4.59. The number of piperidine rings is 1. The highest BCUT2D eigenvalue weighted by atomic mass is 19.4. The molecule has 2 aromatic rings. The Morgan fingerprint density at radius 3 is 2.69 bits per heavy atom. The SMILES string of the molecule is C[C@@H]1CCCN([C@@H]2Cc3ccccc3[C@H]2Oc2ccc(C#N)cc2C(F)(F)F)C1. The Hall–Kier alpha value is -2.52. The van der Waals surface area contributed by atoms with Crippen molar-refractivity contribution >= 4 is 0 Å². The summed E-state index contributed by atoms with van der Waals surface area (Å²) < 4.78 is 47.0. The van der Waals surface area contributed by atoms with Crippen molar-refractivity contribution in [1.29, 1.82) is 5.26 Å². The lowest BCUT2D eigenvalue weighted by Gasteiger charge is -2.38. The zero-order valence-electron chi connectivity index (χ0n) is 16.2. The summed E-state index contributed by atoms with van der Waals surface area (Å²) in [5, 5.41) is 9.01. The van der Waals surface area contributed by atoms with Crippen LogP contribution in [0.1, 0.15) is 48.1 Å². The predicted octanol–water partition coefficient (Wildman–Crippen LogP) is 5.35. The second-order valence-corrected chi connectivity index (χ2v) is 8.07. The van der Waals surface area contributed by atoms with E-state index in [0.717, 1.165) is 43.1 Å². The standard InChI is InChI=1S/C23H23F3N2O/c1-15-5-4-10-28(14-15)20-12-17-6-2-3-7-18(17)22(20)29-21-9-8-16(13-27)11-19(21)23(24,25)26/h2-3,6-9,11,15,20,22H,4-5,10,12,14H2,1H3/t15-,20-,22-/m1/s1. The number of ether oxygens (including phenoxy) is 1. The van der Waals surface area contributed by atoms with E-state index in [9.17, 15) is 13.2 Å². The molecular weight excluding hydrogens is 377 g/mol. The highest BCUT2D eigenvalue weighted by molar-refractivity contribution is 5.45. The van der Waals surface area contributed by atoms with Gasteiger partial charge in [0.25, 0.3) is 0 Å². The number of benzene rings is 2. The van der Waals surface area contributed by atoms with E-state index in [1.165, 1.54) is 18.6 Å². The smallest absolute Gasteiger partial charge is 0.420 e. The van der Waals surface area contributed by atoms with Crippen molar-refractivity contribution in [2.45, 2.75) is 44.5 Å². The van der Waals surface area contributed by atoms with Crippen molar-refractivity contribution in [2.24, 2.45) is 5.92 Å². The van der Waals surface area contributed by atoms with E-state index < -0.39 is 17.8 Å². The number of fused-ring (bicyclic) bond motifs is 1. The Balaban J connectivity index is 1.71.